The average molecular weight is 408 g/mol. The first-order valence-electron chi connectivity index (χ1n) is 10.9. The highest BCUT2D eigenvalue weighted by atomic mass is 16.5. The molecular formula is C25H29NO4. The summed E-state index contributed by atoms with van der Waals surface area (Å²) in [6.07, 6.45) is 4.19. The zero-order valence-corrected chi connectivity index (χ0v) is 17.3. The van der Waals surface area contributed by atoms with Gasteiger partial charge in [0, 0.05) is 5.92 Å². The van der Waals surface area contributed by atoms with Crippen molar-refractivity contribution in [2.45, 2.75) is 51.0 Å². The Bertz CT molecular complexity index is 879. The normalized spacial score (nSPS) is 21.4. The Kier molecular flexibility index (Phi) is 6.07. The number of nitrogens with one attached hydrogen (secondary N) is 1. The minimum absolute atomic E-state index is 0.0365. The Hall–Kier alpha value is -2.82. The molecule has 5 heteroatoms. The molecule has 2 aromatic carbocycles. The second kappa shape index (κ2) is 8.90. The molecule has 1 amide bonds. The van der Waals surface area contributed by atoms with Crippen LogP contribution in [-0.2, 0) is 9.53 Å². The summed E-state index contributed by atoms with van der Waals surface area (Å²) < 4.78 is 5.52. The molecule has 2 N–H and O–H groups in total. The van der Waals surface area contributed by atoms with E-state index in [4.69, 9.17) is 4.74 Å². The van der Waals surface area contributed by atoms with Crippen LogP contribution in [0, 0.1) is 11.8 Å². The maximum Gasteiger partial charge on any atom is 0.407 e. The molecule has 3 unspecified atom stereocenters. The number of ether oxygens (including phenoxy) is 1. The number of benzene rings is 2. The van der Waals surface area contributed by atoms with E-state index in [1.54, 1.807) is 0 Å². The number of carboxylic acids is 1. The molecule has 2 aromatic rings. The predicted octanol–water partition coefficient (Wildman–Crippen LogP) is 5.19. The molecular weight excluding hydrogens is 378 g/mol. The molecule has 1 fully saturated rings. The summed E-state index contributed by atoms with van der Waals surface area (Å²) in [6.45, 7) is 2.40. The highest BCUT2D eigenvalue weighted by molar-refractivity contribution is 5.81. The van der Waals surface area contributed by atoms with Gasteiger partial charge in [-0.1, -0.05) is 74.7 Å². The number of carbonyl (C=O) groups is 2. The number of amides is 1. The summed E-state index contributed by atoms with van der Waals surface area (Å²) in [7, 11) is 0. The number of carboxylic acid groups (broad SMARTS) is 1. The molecule has 2 aliphatic carbocycles. The molecule has 2 aliphatic rings. The van der Waals surface area contributed by atoms with Crippen molar-refractivity contribution in [1.82, 2.24) is 5.32 Å². The van der Waals surface area contributed by atoms with E-state index in [1.807, 2.05) is 24.3 Å². The lowest BCUT2D eigenvalue weighted by molar-refractivity contribution is -0.140. The van der Waals surface area contributed by atoms with Gasteiger partial charge in [-0.25, -0.2) is 9.59 Å². The van der Waals surface area contributed by atoms with E-state index in [1.165, 1.54) is 6.42 Å². The third-order valence-electron chi connectivity index (χ3n) is 6.55. The van der Waals surface area contributed by atoms with E-state index in [9.17, 15) is 14.7 Å². The van der Waals surface area contributed by atoms with Gasteiger partial charge >= 0.3 is 12.1 Å². The standard InChI is InChI=1S/C25H29NO4/c1-16-7-6-8-17(13-16)14-23(24(27)28)26-25(29)30-15-22-20-11-4-2-9-18(20)19-10-3-5-12-21(19)22/h2-5,9-12,16-17,22-23H,6-8,13-15H2,1H3,(H,26,29)(H,27,28). The maximum atomic E-state index is 12.4. The van der Waals surface area contributed by atoms with Gasteiger partial charge in [0.1, 0.15) is 12.6 Å². The molecule has 5 nitrogen and oxygen atoms in total. The molecule has 0 aliphatic heterocycles. The lowest BCUT2D eigenvalue weighted by Gasteiger charge is -2.28. The first-order valence-corrected chi connectivity index (χ1v) is 10.9. The van der Waals surface area contributed by atoms with Gasteiger partial charge in [-0.2, -0.15) is 0 Å². The van der Waals surface area contributed by atoms with Gasteiger partial charge in [-0.3, -0.25) is 0 Å². The number of carbonyl (C=O) groups excluding carboxylic acids is 1. The first-order chi connectivity index (χ1) is 14.5. The molecule has 0 saturated heterocycles. The lowest BCUT2D eigenvalue weighted by atomic mass is 9.79. The van der Waals surface area contributed by atoms with Crippen molar-refractivity contribution >= 4 is 12.1 Å². The molecule has 0 bridgehead atoms. The monoisotopic (exact) mass is 407 g/mol. The highest BCUT2D eigenvalue weighted by Gasteiger charge is 2.31. The second-order valence-electron chi connectivity index (χ2n) is 8.73. The predicted molar refractivity (Wildman–Crippen MR) is 115 cm³/mol. The molecule has 0 heterocycles. The van der Waals surface area contributed by atoms with Crippen molar-refractivity contribution in [3.63, 3.8) is 0 Å². The topological polar surface area (TPSA) is 75.6 Å². The molecule has 30 heavy (non-hydrogen) atoms. The van der Waals surface area contributed by atoms with Crippen molar-refractivity contribution < 1.29 is 19.4 Å². The van der Waals surface area contributed by atoms with E-state index >= 15 is 0 Å². The van der Waals surface area contributed by atoms with Crippen LogP contribution in [0.4, 0.5) is 4.79 Å². The van der Waals surface area contributed by atoms with Crippen molar-refractivity contribution in [1.29, 1.82) is 0 Å². The van der Waals surface area contributed by atoms with E-state index < -0.39 is 18.1 Å². The fraction of sp³-hybridized carbons (Fsp3) is 0.440. The number of aliphatic carboxylic acids is 1. The van der Waals surface area contributed by atoms with Crippen LogP contribution in [0.2, 0.25) is 0 Å². The average Bonchev–Trinajstić information content (AvgIpc) is 3.06. The third-order valence-corrected chi connectivity index (χ3v) is 6.55. The van der Waals surface area contributed by atoms with Crippen molar-refractivity contribution in [3.05, 3.63) is 59.7 Å². The Morgan fingerprint density at radius 3 is 2.30 bits per heavy atom. The van der Waals surface area contributed by atoms with Crippen molar-refractivity contribution in [2.24, 2.45) is 11.8 Å². The summed E-state index contributed by atoms with van der Waals surface area (Å²) in [6, 6.07) is 15.4. The van der Waals surface area contributed by atoms with Crippen LogP contribution in [0.25, 0.3) is 11.1 Å². The van der Waals surface area contributed by atoms with Crippen LogP contribution in [0.15, 0.2) is 48.5 Å². The fourth-order valence-corrected chi connectivity index (χ4v) is 5.11. The molecule has 158 valence electrons. The summed E-state index contributed by atoms with van der Waals surface area (Å²) in [5.74, 6) is -0.0799. The van der Waals surface area contributed by atoms with Gasteiger partial charge < -0.3 is 15.2 Å². The smallest absolute Gasteiger partial charge is 0.407 e. The Morgan fingerprint density at radius 1 is 1.07 bits per heavy atom. The van der Waals surface area contributed by atoms with E-state index in [0.29, 0.717) is 18.3 Å². The maximum absolute atomic E-state index is 12.4. The van der Waals surface area contributed by atoms with Crippen LogP contribution >= 0.6 is 0 Å². The van der Waals surface area contributed by atoms with E-state index in [0.717, 1.165) is 41.5 Å². The van der Waals surface area contributed by atoms with Gasteiger partial charge in [0.25, 0.3) is 0 Å². The molecule has 0 radical (unpaired) electrons. The highest BCUT2D eigenvalue weighted by Crippen LogP contribution is 2.44. The number of hydrogen-bond donors (Lipinski definition) is 2. The van der Waals surface area contributed by atoms with Crippen molar-refractivity contribution in [2.75, 3.05) is 6.61 Å². The Balaban J connectivity index is 1.39. The van der Waals surface area contributed by atoms with E-state index in [-0.39, 0.29) is 12.5 Å². The largest absolute Gasteiger partial charge is 0.480 e. The summed E-state index contributed by atoms with van der Waals surface area (Å²) in [5.41, 5.74) is 4.60. The SMILES string of the molecule is CC1CCCC(CC(NC(=O)OCC2c3ccccc3-c3ccccc32)C(=O)O)C1. The second-order valence-corrected chi connectivity index (χ2v) is 8.73. The zero-order valence-electron chi connectivity index (χ0n) is 17.3. The number of fused-ring (bicyclic) bond motifs is 3. The quantitative estimate of drug-likeness (QED) is 0.691. The van der Waals surface area contributed by atoms with E-state index in [2.05, 4.69) is 36.5 Å². The molecule has 0 aromatic heterocycles. The number of hydrogen-bond acceptors (Lipinski definition) is 3. The van der Waals surface area contributed by atoms with Gasteiger partial charge in [-0.15, -0.1) is 0 Å². The van der Waals surface area contributed by atoms with Crippen LogP contribution in [0.1, 0.15) is 56.1 Å². The van der Waals surface area contributed by atoms with Crippen LogP contribution < -0.4 is 5.32 Å². The lowest BCUT2D eigenvalue weighted by Crippen LogP contribution is -2.43. The summed E-state index contributed by atoms with van der Waals surface area (Å²) in [4.78, 5) is 24.2. The van der Waals surface area contributed by atoms with Gasteiger partial charge in [0.05, 0.1) is 0 Å². The van der Waals surface area contributed by atoms with Gasteiger partial charge in [0.2, 0.25) is 0 Å². The molecule has 4 rings (SSSR count). The minimum atomic E-state index is -0.998. The van der Waals surface area contributed by atoms with Gasteiger partial charge in [0.15, 0.2) is 0 Å². The Labute approximate surface area is 177 Å². The number of rotatable bonds is 6. The first kappa shape index (κ1) is 20.5. The zero-order chi connectivity index (χ0) is 21.1. The molecule has 1 saturated carbocycles. The molecule has 3 atom stereocenters. The summed E-state index contributed by atoms with van der Waals surface area (Å²) in [5, 5.41) is 12.2. The fourth-order valence-electron chi connectivity index (χ4n) is 5.11. The van der Waals surface area contributed by atoms with Crippen LogP contribution in [0.5, 0.6) is 0 Å². The third kappa shape index (κ3) is 4.35. The van der Waals surface area contributed by atoms with Crippen molar-refractivity contribution in [3.8, 4) is 11.1 Å². The minimum Gasteiger partial charge on any atom is -0.480 e. The van der Waals surface area contributed by atoms with Crippen LogP contribution in [-0.4, -0.2) is 29.8 Å². The van der Waals surface area contributed by atoms with Crippen LogP contribution in [0.3, 0.4) is 0 Å². The number of alkyl carbamates (subject to hydrolysis) is 1. The molecule has 0 spiro atoms. The van der Waals surface area contributed by atoms with Gasteiger partial charge in [-0.05, 0) is 46.9 Å². The summed E-state index contributed by atoms with van der Waals surface area (Å²) >= 11 is 0. The Morgan fingerprint density at radius 2 is 1.70 bits per heavy atom.